The Kier molecular flexibility index (Phi) is 3.73. The summed E-state index contributed by atoms with van der Waals surface area (Å²) in [6, 6.07) is 7.33. The van der Waals surface area contributed by atoms with Crippen LogP contribution in [0.15, 0.2) is 30.3 Å². The second-order valence-corrected chi connectivity index (χ2v) is 5.67. The summed E-state index contributed by atoms with van der Waals surface area (Å²) in [4.78, 5) is 14.1. The van der Waals surface area contributed by atoms with Crippen molar-refractivity contribution in [2.45, 2.75) is 19.4 Å². The van der Waals surface area contributed by atoms with E-state index in [9.17, 15) is 25.2 Å². The first-order chi connectivity index (χ1) is 10.9. The van der Waals surface area contributed by atoms with E-state index >= 15 is 0 Å². The van der Waals surface area contributed by atoms with Crippen molar-refractivity contribution in [3.05, 3.63) is 47.0 Å². The van der Waals surface area contributed by atoms with Crippen molar-refractivity contribution < 1.29 is 25.2 Å². The van der Waals surface area contributed by atoms with Gasteiger partial charge in [-0.1, -0.05) is 6.07 Å². The zero-order valence-corrected chi connectivity index (χ0v) is 12.4. The van der Waals surface area contributed by atoms with Crippen molar-refractivity contribution in [1.29, 1.82) is 0 Å². The Balaban J connectivity index is 1.73. The number of hydrogen-bond acceptors (Lipinski definition) is 5. The Morgan fingerprint density at radius 3 is 2.26 bits per heavy atom. The highest BCUT2D eigenvalue weighted by Crippen LogP contribution is 2.32. The smallest absolute Gasteiger partial charge is 0.227 e. The van der Waals surface area contributed by atoms with Gasteiger partial charge in [-0.15, -0.1) is 0 Å². The maximum Gasteiger partial charge on any atom is 0.227 e. The highest BCUT2D eigenvalue weighted by Gasteiger charge is 2.22. The van der Waals surface area contributed by atoms with E-state index in [1.54, 1.807) is 11.0 Å². The molecule has 2 aromatic rings. The molecule has 0 saturated carbocycles. The molecule has 6 heteroatoms. The van der Waals surface area contributed by atoms with Crippen molar-refractivity contribution in [2.75, 3.05) is 6.54 Å². The summed E-state index contributed by atoms with van der Waals surface area (Å²) in [6.45, 7) is 0.895. The molecule has 3 rings (SSSR count). The average Bonchev–Trinajstić information content (AvgIpc) is 2.51. The number of phenolic OH excluding ortho intramolecular Hbond substituents is 4. The molecule has 0 spiro atoms. The summed E-state index contributed by atoms with van der Waals surface area (Å²) >= 11 is 0. The van der Waals surface area contributed by atoms with Crippen LogP contribution >= 0.6 is 0 Å². The van der Waals surface area contributed by atoms with E-state index in [-0.39, 0.29) is 35.3 Å². The minimum Gasteiger partial charge on any atom is -0.504 e. The fourth-order valence-electron chi connectivity index (χ4n) is 2.76. The van der Waals surface area contributed by atoms with Gasteiger partial charge in [-0.25, -0.2) is 0 Å². The Hall–Kier alpha value is -2.89. The molecule has 0 bridgehead atoms. The van der Waals surface area contributed by atoms with Gasteiger partial charge >= 0.3 is 0 Å². The molecule has 0 aliphatic carbocycles. The van der Waals surface area contributed by atoms with Crippen LogP contribution in [0.2, 0.25) is 0 Å². The number of phenols is 4. The third-order valence-corrected chi connectivity index (χ3v) is 4.06. The topological polar surface area (TPSA) is 101 Å². The number of amides is 1. The lowest BCUT2D eigenvalue weighted by Crippen LogP contribution is -2.36. The van der Waals surface area contributed by atoms with Crippen LogP contribution in [0.5, 0.6) is 23.0 Å². The molecule has 0 fully saturated rings. The molecule has 2 aromatic carbocycles. The molecule has 6 nitrogen and oxygen atoms in total. The second kappa shape index (κ2) is 5.72. The lowest BCUT2D eigenvalue weighted by molar-refractivity contribution is -0.131. The predicted molar refractivity (Wildman–Crippen MR) is 82.4 cm³/mol. The molecule has 1 aliphatic rings. The monoisotopic (exact) mass is 315 g/mol. The lowest BCUT2D eigenvalue weighted by Gasteiger charge is -2.29. The number of carbonyl (C=O) groups excluding carboxylic acids is 1. The lowest BCUT2D eigenvalue weighted by atomic mass is 9.98. The molecule has 0 aromatic heterocycles. The maximum atomic E-state index is 12.4. The molecular weight excluding hydrogens is 298 g/mol. The first-order valence-corrected chi connectivity index (χ1v) is 7.26. The minimum atomic E-state index is -0.250. The van der Waals surface area contributed by atoms with Crippen LogP contribution < -0.4 is 0 Å². The van der Waals surface area contributed by atoms with Crippen molar-refractivity contribution in [3.8, 4) is 23.0 Å². The van der Waals surface area contributed by atoms with Gasteiger partial charge in [-0.2, -0.15) is 0 Å². The third kappa shape index (κ3) is 3.01. The number of benzene rings is 2. The van der Waals surface area contributed by atoms with Crippen LogP contribution in [0, 0.1) is 0 Å². The molecule has 0 unspecified atom stereocenters. The average molecular weight is 315 g/mol. The highest BCUT2D eigenvalue weighted by atomic mass is 16.3. The van der Waals surface area contributed by atoms with E-state index in [0.29, 0.717) is 25.1 Å². The summed E-state index contributed by atoms with van der Waals surface area (Å²) in [7, 11) is 0. The first-order valence-electron chi connectivity index (χ1n) is 7.26. The Bertz CT molecular complexity index is 772. The van der Waals surface area contributed by atoms with E-state index in [1.807, 2.05) is 0 Å². The van der Waals surface area contributed by atoms with Gasteiger partial charge in [0.1, 0.15) is 0 Å². The van der Waals surface area contributed by atoms with E-state index < -0.39 is 0 Å². The number of nitrogens with zero attached hydrogens (tertiary/aromatic N) is 1. The van der Waals surface area contributed by atoms with Crippen molar-refractivity contribution in [2.24, 2.45) is 0 Å². The van der Waals surface area contributed by atoms with Gasteiger partial charge in [0.05, 0.1) is 6.42 Å². The van der Waals surface area contributed by atoms with Crippen LogP contribution in [-0.4, -0.2) is 37.8 Å². The largest absolute Gasteiger partial charge is 0.504 e. The van der Waals surface area contributed by atoms with Gasteiger partial charge in [-0.05, 0) is 47.4 Å². The van der Waals surface area contributed by atoms with Gasteiger partial charge in [0.25, 0.3) is 0 Å². The van der Waals surface area contributed by atoms with Gasteiger partial charge in [-0.3, -0.25) is 4.79 Å². The second-order valence-electron chi connectivity index (χ2n) is 5.67. The van der Waals surface area contributed by atoms with Crippen molar-refractivity contribution in [3.63, 3.8) is 0 Å². The summed E-state index contributed by atoms with van der Waals surface area (Å²) in [5.74, 6) is -0.916. The highest BCUT2D eigenvalue weighted by molar-refractivity contribution is 5.79. The molecule has 23 heavy (non-hydrogen) atoms. The number of carbonyl (C=O) groups is 1. The maximum absolute atomic E-state index is 12.4. The van der Waals surface area contributed by atoms with Gasteiger partial charge in [0.15, 0.2) is 23.0 Å². The normalized spacial score (nSPS) is 13.7. The Morgan fingerprint density at radius 2 is 1.57 bits per heavy atom. The van der Waals surface area contributed by atoms with Gasteiger partial charge in [0.2, 0.25) is 5.91 Å². The molecule has 4 N–H and O–H groups in total. The standard InChI is InChI=1S/C17H17NO5/c19-13-2-1-10(5-14(13)20)6-17(23)18-4-3-11-7-15(21)16(22)8-12(11)9-18/h1-2,5,7-8,19-22H,3-4,6,9H2. The first kappa shape index (κ1) is 15.0. The molecule has 0 radical (unpaired) electrons. The zero-order chi connectivity index (χ0) is 16.6. The number of hydrogen-bond donors (Lipinski definition) is 4. The van der Waals surface area contributed by atoms with Crippen LogP contribution in [0.25, 0.3) is 0 Å². The summed E-state index contributed by atoms with van der Waals surface area (Å²) in [5, 5.41) is 37.9. The fraction of sp³-hybridized carbons (Fsp3) is 0.235. The molecular formula is C17H17NO5. The number of fused-ring (bicyclic) bond motifs is 1. The van der Waals surface area contributed by atoms with Crippen LogP contribution in [0.4, 0.5) is 0 Å². The van der Waals surface area contributed by atoms with Crippen LogP contribution in [0.3, 0.4) is 0 Å². The predicted octanol–water partition coefficient (Wildman–Crippen LogP) is 1.64. The Labute approximate surface area is 132 Å². The summed E-state index contributed by atoms with van der Waals surface area (Å²) < 4.78 is 0. The molecule has 1 heterocycles. The quantitative estimate of drug-likeness (QED) is 0.631. The van der Waals surface area contributed by atoms with Crippen molar-refractivity contribution >= 4 is 5.91 Å². The van der Waals surface area contributed by atoms with E-state index in [0.717, 1.165) is 11.1 Å². The minimum absolute atomic E-state index is 0.103. The summed E-state index contributed by atoms with van der Waals surface area (Å²) in [5.41, 5.74) is 2.35. The van der Waals surface area contributed by atoms with Crippen LogP contribution in [0.1, 0.15) is 16.7 Å². The Morgan fingerprint density at radius 1 is 0.913 bits per heavy atom. The van der Waals surface area contributed by atoms with Crippen molar-refractivity contribution in [1.82, 2.24) is 4.90 Å². The van der Waals surface area contributed by atoms with Gasteiger partial charge in [0, 0.05) is 13.1 Å². The molecule has 120 valence electrons. The van der Waals surface area contributed by atoms with E-state index in [1.165, 1.54) is 24.3 Å². The SMILES string of the molecule is O=C(Cc1ccc(O)c(O)c1)N1CCc2cc(O)c(O)cc2C1. The third-order valence-electron chi connectivity index (χ3n) is 4.06. The zero-order valence-electron chi connectivity index (χ0n) is 12.4. The van der Waals surface area contributed by atoms with E-state index in [2.05, 4.69) is 0 Å². The summed E-state index contributed by atoms with van der Waals surface area (Å²) in [6.07, 6.45) is 0.725. The van der Waals surface area contributed by atoms with E-state index in [4.69, 9.17) is 0 Å². The molecule has 1 amide bonds. The fourth-order valence-corrected chi connectivity index (χ4v) is 2.76. The molecule has 0 saturated heterocycles. The number of rotatable bonds is 2. The number of aromatic hydroxyl groups is 4. The van der Waals surface area contributed by atoms with Crippen LogP contribution in [-0.2, 0) is 24.2 Å². The molecule has 0 atom stereocenters. The molecule has 1 aliphatic heterocycles. The van der Waals surface area contributed by atoms with Gasteiger partial charge < -0.3 is 25.3 Å².